The number of rotatable bonds is 12. The molecule has 0 aliphatic heterocycles. The first-order valence-corrected chi connectivity index (χ1v) is 31.4. The van der Waals surface area contributed by atoms with Gasteiger partial charge >= 0.3 is 8.60 Å². The molecule has 0 bridgehead atoms. The molecule has 500 valence electrons. The lowest BCUT2D eigenvalue weighted by atomic mass is 9.70. The van der Waals surface area contributed by atoms with Crippen molar-refractivity contribution >= 4 is 26.3 Å². The summed E-state index contributed by atoms with van der Waals surface area (Å²) < 4.78 is 0. The highest BCUT2D eigenvalue weighted by molar-refractivity contribution is 7.38. The van der Waals surface area contributed by atoms with Gasteiger partial charge in [-0.05, 0) is 136 Å². The quantitative estimate of drug-likeness (QED) is 0.0234. The predicted octanol–water partition coefficient (Wildman–Crippen LogP) is 12.3. The molecule has 0 saturated carbocycles. The van der Waals surface area contributed by atoms with Gasteiger partial charge in [-0.2, -0.15) is 0 Å². The van der Waals surface area contributed by atoms with Crippen molar-refractivity contribution in [2.75, 3.05) is 0 Å². The maximum Gasteiger partial charge on any atom is 0.324 e. The minimum atomic E-state index is -2.62. The van der Waals surface area contributed by atoms with E-state index in [1.165, 1.54) is 0 Å². The number of aromatic hydroxyl groups is 6. The summed E-state index contributed by atoms with van der Waals surface area (Å²) in [6, 6.07) is 32.9. The van der Waals surface area contributed by atoms with E-state index in [2.05, 4.69) is 16.3 Å². The number of carbonyl (C=O) groups excluding carboxylic acids is 3. The van der Waals surface area contributed by atoms with E-state index in [1.54, 1.807) is 36.4 Å². The second kappa shape index (κ2) is 29.6. The Bertz CT molecular complexity index is 2950. The zero-order valence-electron chi connectivity index (χ0n) is 57.4. The Balaban J connectivity index is 0.000000346. The predicted molar refractivity (Wildman–Crippen MR) is 365 cm³/mol. The first-order chi connectivity index (χ1) is 41.3. The van der Waals surface area contributed by atoms with Crippen LogP contribution in [0.4, 0.5) is 0 Å². The van der Waals surface area contributed by atoms with Gasteiger partial charge in [0.25, 0.3) is 0 Å². The van der Waals surface area contributed by atoms with E-state index >= 15 is 0 Å². The summed E-state index contributed by atoms with van der Waals surface area (Å²) in [5.74, 6) is 16.7. The van der Waals surface area contributed by atoms with Crippen molar-refractivity contribution in [2.24, 2.45) is 17.5 Å². The van der Waals surface area contributed by atoms with Crippen LogP contribution in [0.3, 0.4) is 0 Å². The lowest BCUT2D eigenvalue weighted by Crippen LogP contribution is -2.37. The fourth-order valence-corrected chi connectivity index (χ4v) is 11.1. The third kappa shape index (κ3) is 20.1. The second-order valence-corrected chi connectivity index (χ2v) is 30.9. The van der Waals surface area contributed by atoms with Crippen molar-refractivity contribution in [1.82, 2.24) is 16.3 Å². The number of benzene rings is 6. The molecular formula is C72H105N6O12P. The van der Waals surface area contributed by atoms with E-state index in [-0.39, 0.29) is 104 Å². The lowest BCUT2D eigenvalue weighted by molar-refractivity contribution is -0.122. The van der Waals surface area contributed by atoms with E-state index in [0.717, 1.165) is 66.8 Å². The molecular weight excluding hydrogens is 1170 g/mol. The number of carbonyl (C=O) groups is 3. The molecule has 0 aliphatic rings. The highest BCUT2D eigenvalue weighted by Crippen LogP contribution is 2.47. The number of amides is 3. The molecule has 19 heteroatoms. The maximum atomic E-state index is 12.3. The van der Waals surface area contributed by atoms with Gasteiger partial charge in [-0.3, -0.25) is 30.7 Å². The number of phenolic OH excluding ortho intramolecular Hbond substituents is 6. The molecule has 91 heavy (non-hydrogen) atoms. The largest absolute Gasteiger partial charge is 0.508 e. The molecule has 0 aliphatic carbocycles. The van der Waals surface area contributed by atoms with Gasteiger partial charge in [0.2, 0.25) is 17.7 Å². The molecule has 0 aromatic heterocycles. The first kappa shape index (κ1) is 78.0. The first-order valence-electron chi connectivity index (χ1n) is 30.2. The fraction of sp³-hybridized carbons (Fsp3) is 0.458. The van der Waals surface area contributed by atoms with Crippen LogP contribution < -0.4 is 33.8 Å². The molecule has 0 atom stereocenters. The van der Waals surface area contributed by atoms with Gasteiger partial charge in [0.1, 0.15) is 34.5 Å². The average Bonchev–Trinajstić information content (AvgIpc) is 0.794. The van der Waals surface area contributed by atoms with Gasteiger partial charge in [0, 0.05) is 35.5 Å². The molecule has 0 radical (unpaired) electrons. The topological polar surface area (TPSA) is 347 Å². The standard InChI is InChI=1S/3C24H34N2O3.H3O3P/c3*1-22(2,3)17-12-15(8-10-19(17)27)24(7,14-21(29)26-25)16-9-11-20(28)18(13-16)23(4,5)6;1-4(2)3/h3*8-13,27-28H,14,25H2,1-7H3,(H,26,29);1-3H. The average molecular weight is 1280 g/mol. The molecule has 0 saturated heterocycles. The number of hydrogen-bond acceptors (Lipinski definition) is 15. The van der Waals surface area contributed by atoms with E-state index in [1.807, 2.05) is 218 Å². The van der Waals surface area contributed by atoms with Crippen LogP contribution in [0, 0.1) is 0 Å². The zero-order chi connectivity index (χ0) is 70.2. The van der Waals surface area contributed by atoms with Crippen molar-refractivity contribution in [1.29, 1.82) is 0 Å². The maximum absolute atomic E-state index is 12.3. The summed E-state index contributed by atoms with van der Waals surface area (Å²) in [7, 11) is -2.62. The van der Waals surface area contributed by atoms with Crippen LogP contribution in [0.5, 0.6) is 34.5 Å². The van der Waals surface area contributed by atoms with Gasteiger partial charge in [-0.25, -0.2) is 17.5 Å². The van der Waals surface area contributed by atoms with Gasteiger partial charge < -0.3 is 45.3 Å². The number of phenols is 6. The Morgan fingerprint density at radius 3 is 0.516 bits per heavy atom. The van der Waals surface area contributed by atoms with E-state index in [9.17, 15) is 45.0 Å². The number of hydrazine groups is 3. The SMILES string of the molecule is CC(C)(C)c1cc(C(C)(CC(=O)NN)c2ccc(O)c(C(C)(C)C)c2)ccc1O.CC(C)(C)c1cc(C(C)(CC(=O)NN)c2ccc(O)c(C(C)(C)C)c2)ccc1O.CC(C)(C)c1cc(C(C)(CC(=O)NN)c2ccc(O)c(C(C)(C)C)c2)ccc1O.OP(O)O. The summed E-state index contributed by atoms with van der Waals surface area (Å²) >= 11 is 0. The number of nitrogens with two attached hydrogens (primary N) is 3. The molecule has 0 heterocycles. The van der Waals surface area contributed by atoms with Crippen LogP contribution in [0.25, 0.3) is 0 Å². The van der Waals surface area contributed by atoms with E-state index in [0.29, 0.717) is 0 Å². The second-order valence-electron chi connectivity index (χ2n) is 30.4. The molecule has 0 fully saturated rings. The van der Waals surface area contributed by atoms with Crippen LogP contribution in [0.2, 0.25) is 0 Å². The third-order valence-electron chi connectivity index (χ3n) is 16.7. The molecule has 18 nitrogen and oxygen atoms in total. The van der Waals surface area contributed by atoms with Crippen LogP contribution >= 0.6 is 8.60 Å². The Kier molecular flexibility index (Phi) is 25.3. The fourth-order valence-electron chi connectivity index (χ4n) is 11.1. The number of hydrogen-bond donors (Lipinski definition) is 15. The molecule has 0 spiro atoms. The minimum absolute atomic E-state index is 0.131. The summed E-state index contributed by atoms with van der Waals surface area (Å²) in [6.07, 6.45) is 0.394. The Morgan fingerprint density at radius 1 is 0.297 bits per heavy atom. The Morgan fingerprint density at radius 2 is 0.418 bits per heavy atom. The highest BCUT2D eigenvalue weighted by atomic mass is 31.2. The Labute approximate surface area is 541 Å². The number of nitrogens with one attached hydrogen (secondary N) is 3. The smallest absolute Gasteiger partial charge is 0.324 e. The van der Waals surface area contributed by atoms with Gasteiger partial charge in [0.15, 0.2) is 0 Å². The lowest BCUT2D eigenvalue weighted by Gasteiger charge is -2.33. The summed E-state index contributed by atoms with van der Waals surface area (Å²) in [5.41, 5.74) is 13.3. The third-order valence-corrected chi connectivity index (χ3v) is 16.7. The molecule has 6 rings (SSSR count). The minimum Gasteiger partial charge on any atom is -0.508 e. The van der Waals surface area contributed by atoms with Crippen molar-refractivity contribution < 1.29 is 59.7 Å². The summed E-state index contributed by atoms with van der Waals surface area (Å²) in [6.45, 7) is 42.6. The monoisotopic (exact) mass is 1280 g/mol. The normalized spacial score (nSPS) is 12.5. The van der Waals surface area contributed by atoms with Gasteiger partial charge in [-0.15, -0.1) is 0 Å². The Hall–Kier alpha value is -7.28. The summed E-state index contributed by atoms with van der Waals surface area (Å²) in [5, 5.41) is 62.3. The van der Waals surface area contributed by atoms with Crippen LogP contribution in [0.15, 0.2) is 109 Å². The van der Waals surface area contributed by atoms with Crippen LogP contribution in [-0.4, -0.2) is 63.0 Å². The van der Waals surface area contributed by atoms with E-state index in [4.69, 9.17) is 32.2 Å². The molecule has 6 aromatic rings. The molecule has 3 amide bonds. The summed E-state index contributed by atoms with van der Waals surface area (Å²) in [4.78, 5) is 58.7. The molecule has 6 aromatic carbocycles. The van der Waals surface area contributed by atoms with Crippen molar-refractivity contribution in [3.63, 3.8) is 0 Å². The van der Waals surface area contributed by atoms with Gasteiger partial charge in [0.05, 0.1) is 0 Å². The van der Waals surface area contributed by atoms with Crippen LogP contribution in [0.1, 0.15) is 231 Å². The molecule has 0 unspecified atom stereocenters. The van der Waals surface area contributed by atoms with Crippen molar-refractivity contribution in [2.45, 2.75) is 213 Å². The highest BCUT2D eigenvalue weighted by Gasteiger charge is 2.38. The molecule has 18 N–H and O–H groups in total. The van der Waals surface area contributed by atoms with Crippen LogP contribution in [-0.2, 0) is 63.1 Å². The van der Waals surface area contributed by atoms with Gasteiger partial charge in [-0.1, -0.05) is 218 Å². The van der Waals surface area contributed by atoms with Crippen molar-refractivity contribution in [3.8, 4) is 34.5 Å². The zero-order valence-corrected chi connectivity index (χ0v) is 58.3. The van der Waals surface area contributed by atoms with Crippen molar-refractivity contribution in [3.05, 3.63) is 176 Å². The van der Waals surface area contributed by atoms with E-state index < -0.39 is 24.8 Å².